The second-order valence-electron chi connectivity index (χ2n) is 4.04. The third-order valence-electron chi connectivity index (χ3n) is 3.19. The molecule has 68 valence electrons. The number of likely N-dealkylation sites (tertiary alicyclic amines) is 1. The molecule has 0 spiro atoms. The van der Waals surface area contributed by atoms with Gasteiger partial charge in [0, 0.05) is 12.3 Å². The van der Waals surface area contributed by atoms with E-state index in [0.29, 0.717) is 11.7 Å². The number of carbonyl (C=O) groups excluding carboxylic acids is 1. The van der Waals surface area contributed by atoms with Crippen molar-refractivity contribution in [1.29, 1.82) is 0 Å². The largest absolute Gasteiger partial charge is 0.303 e. The number of carbonyl (C=O) groups is 1. The van der Waals surface area contributed by atoms with Crippen LogP contribution >= 0.6 is 0 Å². The molecule has 2 heteroatoms. The lowest BCUT2D eigenvalue weighted by Gasteiger charge is -2.25. The van der Waals surface area contributed by atoms with Gasteiger partial charge in [-0.3, -0.25) is 4.79 Å². The van der Waals surface area contributed by atoms with Crippen molar-refractivity contribution in [2.24, 2.45) is 5.92 Å². The quantitative estimate of drug-likeness (QED) is 0.634. The molecular weight excluding hydrogens is 150 g/mol. The van der Waals surface area contributed by atoms with Crippen molar-refractivity contribution in [3.63, 3.8) is 0 Å². The Bertz CT molecular complexity index is 173. The van der Waals surface area contributed by atoms with Crippen LogP contribution in [0.4, 0.5) is 0 Å². The Balaban J connectivity index is 1.64. The van der Waals surface area contributed by atoms with Crippen molar-refractivity contribution < 1.29 is 4.79 Å². The molecule has 1 unspecified atom stereocenters. The lowest BCUT2D eigenvalue weighted by molar-refractivity contribution is -0.129. The molecule has 0 amide bonds. The number of rotatable bonds is 3. The van der Waals surface area contributed by atoms with Gasteiger partial charge in [0.15, 0.2) is 0 Å². The SMILES string of the molecule is O=C1CCC1CCN1CCCC1. The number of hydrogen-bond acceptors (Lipinski definition) is 2. The Labute approximate surface area is 73.9 Å². The first-order valence-electron chi connectivity index (χ1n) is 5.11. The van der Waals surface area contributed by atoms with Crippen LogP contribution in [0.25, 0.3) is 0 Å². The fourth-order valence-electron chi connectivity index (χ4n) is 2.12. The summed E-state index contributed by atoms with van der Waals surface area (Å²) < 4.78 is 0. The van der Waals surface area contributed by atoms with E-state index in [1.807, 2.05) is 0 Å². The summed E-state index contributed by atoms with van der Waals surface area (Å²) in [5.41, 5.74) is 0. The normalized spacial score (nSPS) is 30.7. The van der Waals surface area contributed by atoms with Gasteiger partial charge in [-0.05, 0) is 45.3 Å². The van der Waals surface area contributed by atoms with Crippen LogP contribution in [0.1, 0.15) is 32.1 Å². The van der Waals surface area contributed by atoms with E-state index < -0.39 is 0 Å². The molecule has 1 heterocycles. The Morgan fingerprint density at radius 3 is 2.58 bits per heavy atom. The maximum atomic E-state index is 11.0. The summed E-state index contributed by atoms with van der Waals surface area (Å²) in [5.74, 6) is 0.944. The highest BCUT2D eigenvalue weighted by atomic mass is 16.1. The lowest BCUT2D eigenvalue weighted by Crippen LogP contribution is -2.30. The second kappa shape index (κ2) is 3.56. The molecule has 2 rings (SSSR count). The summed E-state index contributed by atoms with van der Waals surface area (Å²) in [7, 11) is 0. The number of hydrogen-bond donors (Lipinski definition) is 0. The molecule has 1 atom stereocenters. The second-order valence-corrected chi connectivity index (χ2v) is 4.04. The third-order valence-corrected chi connectivity index (χ3v) is 3.19. The molecule has 2 aliphatic rings. The molecule has 1 aliphatic heterocycles. The van der Waals surface area contributed by atoms with Crippen molar-refractivity contribution in [2.45, 2.75) is 32.1 Å². The fraction of sp³-hybridized carbons (Fsp3) is 0.900. The molecule has 1 aliphatic carbocycles. The van der Waals surface area contributed by atoms with Crippen LogP contribution in [0.2, 0.25) is 0 Å². The molecule has 0 aromatic carbocycles. The van der Waals surface area contributed by atoms with Gasteiger partial charge in [-0.25, -0.2) is 0 Å². The minimum absolute atomic E-state index is 0.436. The van der Waals surface area contributed by atoms with Gasteiger partial charge in [0.2, 0.25) is 0 Å². The van der Waals surface area contributed by atoms with E-state index in [1.54, 1.807) is 0 Å². The zero-order valence-corrected chi connectivity index (χ0v) is 7.59. The van der Waals surface area contributed by atoms with Crippen molar-refractivity contribution in [2.75, 3.05) is 19.6 Å². The van der Waals surface area contributed by atoms with E-state index in [1.165, 1.54) is 25.9 Å². The minimum Gasteiger partial charge on any atom is -0.303 e. The Hall–Kier alpha value is -0.370. The molecule has 1 saturated heterocycles. The maximum absolute atomic E-state index is 11.0. The van der Waals surface area contributed by atoms with E-state index in [9.17, 15) is 4.79 Å². The van der Waals surface area contributed by atoms with Crippen molar-refractivity contribution in [1.82, 2.24) is 4.90 Å². The Morgan fingerprint density at radius 2 is 2.08 bits per heavy atom. The first-order valence-corrected chi connectivity index (χ1v) is 5.11. The Morgan fingerprint density at radius 1 is 1.33 bits per heavy atom. The molecule has 0 N–H and O–H groups in total. The highest BCUT2D eigenvalue weighted by Gasteiger charge is 2.28. The van der Waals surface area contributed by atoms with Crippen LogP contribution in [0.15, 0.2) is 0 Å². The zero-order chi connectivity index (χ0) is 8.39. The molecule has 12 heavy (non-hydrogen) atoms. The summed E-state index contributed by atoms with van der Waals surface area (Å²) in [6.07, 6.45) is 5.85. The Kier molecular flexibility index (Phi) is 2.45. The number of Topliss-reactive ketones (excluding diaryl/α,β-unsaturated/α-hetero) is 1. The summed E-state index contributed by atoms with van der Waals surface area (Å²) in [6.45, 7) is 3.69. The van der Waals surface area contributed by atoms with Gasteiger partial charge in [0.1, 0.15) is 5.78 Å². The molecule has 0 aromatic rings. The monoisotopic (exact) mass is 167 g/mol. The molecule has 2 fully saturated rings. The maximum Gasteiger partial charge on any atom is 0.136 e. The van der Waals surface area contributed by atoms with E-state index in [0.717, 1.165) is 25.8 Å². The summed E-state index contributed by atoms with van der Waals surface area (Å²) in [6, 6.07) is 0. The molecule has 0 radical (unpaired) electrons. The van der Waals surface area contributed by atoms with Crippen LogP contribution in [0.3, 0.4) is 0 Å². The van der Waals surface area contributed by atoms with Gasteiger partial charge in [0.25, 0.3) is 0 Å². The van der Waals surface area contributed by atoms with Gasteiger partial charge in [-0.2, -0.15) is 0 Å². The molecule has 2 nitrogen and oxygen atoms in total. The summed E-state index contributed by atoms with van der Waals surface area (Å²) >= 11 is 0. The van der Waals surface area contributed by atoms with Gasteiger partial charge in [-0.1, -0.05) is 0 Å². The van der Waals surface area contributed by atoms with E-state index >= 15 is 0 Å². The molecule has 0 aromatic heterocycles. The molecular formula is C10H17NO. The number of nitrogens with zero attached hydrogens (tertiary/aromatic N) is 1. The van der Waals surface area contributed by atoms with Gasteiger partial charge < -0.3 is 4.90 Å². The van der Waals surface area contributed by atoms with Crippen LogP contribution in [0.5, 0.6) is 0 Å². The first-order chi connectivity index (χ1) is 5.86. The van der Waals surface area contributed by atoms with Crippen LogP contribution < -0.4 is 0 Å². The average Bonchev–Trinajstić information content (AvgIpc) is 2.54. The molecule has 0 bridgehead atoms. The summed E-state index contributed by atoms with van der Waals surface area (Å²) in [5, 5.41) is 0. The third kappa shape index (κ3) is 1.69. The summed E-state index contributed by atoms with van der Waals surface area (Å²) in [4.78, 5) is 13.5. The average molecular weight is 167 g/mol. The van der Waals surface area contributed by atoms with Crippen molar-refractivity contribution in [3.05, 3.63) is 0 Å². The fourth-order valence-corrected chi connectivity index (χ4v) is 2.12. The van der Waals surface area contributed by atoms with Gasteiger partial charge in [0.05, 0.1) is 0 Å². The molecule has 1 saturated carbocycles. The smallest absolute Gasteiger partial charge is 0.136 e. The van der Waals surface area contributed by atoms with Crippen molar-refractivity contribution in [3.8, 4) is 0 Å². The predicted octanol–water partition coefficient (Wildman–Crippen LogP) is 1.45. The zero-order valence-electron chi connectivity index (χ0n) is 7.59. The van der Waals surface area contributed by atoms with Crippen LogP contribution in [-0.4, -0.2) is 30.3 Å². The van der Waals surface area contributed by atoms with Gasteiger partial charge in [-0.15, -0.1) is 0 Å². The lowest BCUT2D eigenvalue weighted by atomic mass is 9.81. The van der Waals surface area contributed by atoms with Gasteiger partial charge >= 0.3 is 0 Å². The van der Waals surface area contributed by atoms with E-state index in [2.05, 4.69) is 4.90 Å². The van der Waals surface area contributed by atoms with Crippen LogP contribution in [0, 0.1) is 5.92 Å². The first kappa shape index (κ1) is 8.24. The topological polar surface area (TPSA) is 20.3 Å². The standard InChI is InChI=1S/C10H17NO/c12-10-4-3-9(10)5-8-11-6-1-2-7-11/h9H,1-8H2. The van der Waals surface area contributed by atoms with Crippen molar-refractivity contribution >= 4 is 5.78 Å². The van der Waals surface area contributed by atoms with E-state index in [-0.39, 0.29) is 0 Å². The highest BCUT2D eigenvalue weighted by molar-refractivity contribution is 5.86. The highest BCUT2D eigenvalue weighted by Crippen LogP contribution is 2.26. The van der Waals surface area contributed by atoms with E-state index in [4.69, 9.17) is 0 Å². The number of ketones is 1. The predicted molar refractivity (Wildman–Crippen MR) is 48.0 cm³/mol. The minimum atomic E-state index is 0.436. The van der Waals surface area contributed by atoms with Crippen LogP contribution in [-0.2, 0) is 4.79 Å².